The smallest absolute Gasteiger partial charge is 0.307 e. The molecule has 0 aliphatic heterocycles. The van der Waals surface area contributed by atoms with Crippen LogP contribution in [0.25, 0.3) is 0 Å². The number of carboxylic acids is 2. The van der Waals surface area contributed by atoms with Crippen LogP contribution >= 0.6 is 0 Å². The van der Waals surface area contributed by atoms with E-state index in [2.05, 4.69) is 15.1 Å². The molecule has 0 aromatic carbocycles. The molecule has 6 N–H and O–H groups in total. The minimum Gasteiger partial charge on any atom is -0.481 e. The first-order chi connectivity index (χ1) is 9.40. The number of aliphatic hydroxyl groups is 1. The van der Waals surface area contributed by atoms with Gasteiger partial charge in [0.15, 0.2) is 0 Å². The van der Waals surface area contributed by atoms with Crippen LogP contribution in [-0.2, 0) is 19.4 Å². The Hall–Kier alpha value is -1.30. The number of carbonyl (C=O) groups is 2. The molecule has 0 spiro atoms. The zero-order valence-electron chi connectivity index (χ0n) is 10.6. The maximum atomic E-state index is 10.8. The molecule has 3 atom stereocenters. The van der Waals surface area contributed by atoms with Gasteiger partial charge in [0.1, 0.15) is 6.23 Å². The second-order valence-electron chi connectivity index (χ2n) is 4.17. The molecule has 0 aliphatic carbocycles. The average Bonchev–Trinajstić information content (AvgIpc) is 2.34. The Morgan fingerprint density at radius 1 is 1.15 bits per heavy atom. The van der Waals surface area contributed by atoms with Crippen molar-refractivity contribution in [2.45, 2.75) is 31.5 Å². The maximum Gasteiger partial charge on any atom is 0.307 e. The van der Waals surface area contributed by atoms with Gasteiger partial charge in [-0.15, -0.1) is 0 Å². The normalized spacial score (nSPS) is 15.6. The van der Waals surface area contributed by atoms with Crippen molar-refractivity contribution >= 4 is 11.9 Å². The Morgan fingerprint density at radius 2 is 1.80 bits per heavy atom. The Labute approximate surface area is 114 Å². The van der Waals surface area contributed by atoms with Gasteiger partial charge in [-0.2, -0.15) is 0 Å². The molecule has 0 rings (SSSR count). The van der Waals surface area contributed by atoms with E-state index in [-0.39, 0.29) is 26.1 Å². The van der Waals surface area contributed by atoms with Crippen LogP contribution in [0.1, 0.15) is 19.3 Å². The SMILES string of the molecule is O=C(O)CC(CC(O)NC(CCOO)COO)C(=O)O. The van der Waals surface area contributed by atoms with Gasteiger partial charge in [0.25, 0.3) is 0 Å². The lowest BCUT2D eigenvalue weighted by Crippen LogP contribution is -2.43. The van der Waals surface area contributed by atoms with Gasteiger partial charge < -0.3 is 15.3 Å². The predicted molar refractivity (Wildman–Crippen MR) is 62.7 cm³/mol. The number of aliphatic carboxylic acids is 2. The van der Waals surface area contributed by atoms with Crippen molar-refractivity contribution in [3.8, 4) is 0 Å². The summed E-state index contributed by atoms with van der Waals surface area (Å²) in [7, 11) is 0. The third kappa shape index (κ3) is 8.74. The number of rotatable bonds is 12. The van der Waals surface area contributed by atoms with Gasteiger partial charge in [-0.1, -0.05) is 0 Å². The monoisotopic (exact) mass is 297 g/mol. The van der Waals surface area contributed by atoms with Crippen molar-refractivity contribution in [3.05, 3.63) is 0 Å². The zero-order chi connectivity index (χ0) is 15.5. The number of carboxylic acid groups (broad SMARTS) is 2. The highest BCUT2D eigenvalue weighted by Crippen LogP contribution is 2.12. The molecule has 0 saturated carbocycles. The van der Waals surface area contributed by atoms with E-state index in [0.29, 0.717) is 0 Å². The fraction of sp³-hybridized carbons (Fsp3) is 0.800. The molecular formula is C10H19NO9. The van der Waals surface area contributed by atoms with E-state index in [1.54, 1.807) is 0 Å². The Bertz CT molecular complexity index is 298. The summed E-state index contributed by atoms with van der Waals surface area (Å²) >= 11 is 0. The van der Waals surface area contributed by atoms with Crippen molar-refractivity contribution in [1.82, 2.24) is 5.32 Å². The van der Waals surface area contributed by atoms with Gasteiger partial charge in [-0.05, 0) is 6.42 Å². The number of hydrogen-bond acceptors (Lipinski definition) is 8. The lowest BCUT2D eigenvalue weighted by Gasteiger charge is -2.22. The minimum atomic E-state index is -1.33. The molecule has 0 saturated heterocycles. The summed E-state index contributed by atoms with van der Waals surface area (Å²) in [5, 5.41) is 46.1. The third-order valence-electron chi connectivity index (χ3n) is 2.54. The molecule has 0 aromatic rings. The molecular weight excluding hydrogens is 278 g/mol. The summed E-state index contributed by atoms with van der Waals surface area (Å²) in [6.45, 7) is -0.317. The Balaban J connectivity index is 4.35. The highest BCUT2D eigenvalue weighted by atomic mass is 17.1. The van der Waals surface area contributed by atoms with Gasteiger partial charge in [-0.3, -0.25) is 25.4 Å². The molecule has 10 heteroatoms. The minimum absolute atomic E-state index is 0.0920. The number of hydrogen-bond donors (Lipinski definition) is 6. The number of nitrogens with one attached hydrogen (secondary N) is 1. The van der Waals surface area contributed by atoms with Gasteiger partial charge in [0.2, 0.25) is 0 Å². The van der Waals surface area contributed by atoms with E-state index in [9.17, 15) is 14.7 Å². The fourth-order valence-electron chi connectivity index (χ4n) is 1.59. The molecule has 0 aliphatic rings. The fourth-order valence-corrected chi connectivity index (χ4v) is 1.59. The first kappa shape index (κ1) is 18.7. The summed E-state index contributed by atoms with van der Waals surface area (Å²) in [5.41, 5.74) is 0. The molecule has 3 unspecified atom stereocenters. The predicted octanol–water partition coefficient (Wildman–Crippen LogP) is -0.802. The van der Waals surface area contributed by atoms with E-state index in [0.717, 1.165) is 0 Å². The molecule has 0 aromatic heterocycles. The second kappa shape index (κ2) is 10.5. The van der Waals surface area contributed by atoms with E-state index < -0.39 is 36.5 Å². The van der Waals surface area contributed by atoms with Crippen molar-refractivity contribution < 1.29 is 45.2 Å². The van der Waals surface area contributed by atoms with Crippen molar-refractivity contribution in [1.29, 1.82) is 0 Å². The standard InChI is InChI=1S/C10H19NO9/c12-8(3-6(10(15)16)4-9(13)14)11-7(5-20-18)1-2-19-17/h6-8,11-12,17-18H,1-5H2,(H,13,14)(H,15,16). The lowest BCUT2D eigenvalue weighted by atomic mass is 10.0. The van der Waals surface area contributed by atoms with Crippen LogP contribution in [0.2, 0.25) is 0 Å². The van der Waals surface area contributed by atoms with E-state index in [1.807, 2.05) is 0 Å². The highest BCUT2D eigenvalue weighted by molar-refractivity contribution is 5.77. The Kier molecular flexibility index (Phi) is 9.80. The third-order valence-corrected chi connectivity index (χ3v) is 2.54. The van der Waals surface area contributed by atoms with Crippen LogP contribution in [0.3, 0.4) is 0 Å². The van der Waals surface area contributed by atoms with Crippen LogP contribution in [0.5, 0.6) is 0 Å². The average molecular weight is 297 g/mol. The van der Waals surface area contributed by atoms with Crippen LogP contribution in [0.4, 0.5) is 0 Å². The summed E-state index contributed by atoms with van der Waals surface area (Å²) in [6, 6.07) is -0.610. The van der Waals surface area contributed by atoms with Crippen molar-refractivity contribution in [3.63, 3.8) is 0 Å². The molecule has 10 nitrogen and oxygen atoms in total. The molecule has 0 radical (unpaired) electrons. The topological polar surface area (TPSA) is 166 Å². The summed E-state index contributed by atoms with van der Waals surface area (Å²) < 4.78 is 0. The zero-order valence-corrected chi connectivity index (χ0v) is 10.6. The molecule has 20 heavy (non-hydrogen) atoms. The van der Waals surface area contributed by atoms with Crippen LogP contribution in [0.15, 0.2) is 0 Å². The van der Waals surface area contributed by atoms with Crippen molar-refractivity contribution in [2.24, 2.45) is 5.92 Å². The largest absolute Gasteiger partial charge is 0.481 e. The highest BCUT2D eigenvalue weighted by Gasteiger charge is 2.25. The van der Waals surface area contributed by atoms with Crippen LogP contribution in [0, 0.1) is 5.92 Å². The first-order valence-electron chi connectivity index (χ1n) is 5.82. The summed E-state index contributed by atoms with van der Waals surface area (Å²) in [6.07, 6.45) is -2.09. The molecule has 0 heterocycles. The Morgan fingerprint density at radius 3 is 2.25 bits per heavy atom. The van der Waals surface area contributed by atoms with E-state index in [4.69, 9.17) is 20.7 Å². The van der Waals surface area contributed by atoms with Gasteiger partial charge in [0, 0.05) is 12.5 Å². The van der Waals surface area contributed by atoms with Gasteiger partial charge >= 0.3 is 11.9 Å². The summed E-state index contributed by atoms with van der Waals surface area (Å²) in [5.74, 6) is -3.87. The molecule has 118 valence electrons. The van der Waals surface area contributed by atoms with Gasteiger partial charge in [-0.25, -0.2) is 9.78 Å². The quantitative estimate of drug-likeness (QED) is 0.152. The van der Waals surface area contributed by atoms with E-state index >= 15 is 0 Å². The molecule has 0 bridgehead atoms. The number of aliphatic hydroxyl groups excluding tert-OH is 1. The van der Waals surface area contributed by atoms with Crippen molar-refractivity contribution in [2.75, 3.05) is 13.2 Å². The van der Waals surface area contributed by atoms with E-state index in [1.165, 1.54) is 0 Å². The van der Waals surface area contributed by atoms with Crippen LogP contribution < -0.4 is 5.32 Å². The maximum absolute atomic E-state index is 10.8. The lowest BCUT2D eigenvalue weighted by molar-refractivity contribution is -0.258. The second-order valence-corrected chi connectivity index (χ2v) is 4.17. The summed E-state index contributed by atoms with van der Waals surface area (Å²) in [4.78, 5) is 29.1. The molecule has 0 fully saturated rings. The molecule has 0 amide bonds. The first-order valence-corrected chi connectivity index (χ1v) is 5.82. The van der Waals surface area contributed by atoms with Gasteiger partial charge in [0.05, 0.1) is 25.6 Å². The van der Waals surface area contributed by atoms with Crippen LogP contribution in [-0.4, -0.2) is 63.3 Å².